The summed E-state index contributed by atoms with van der Waals surface area (Å²) in [5, 5.41) is 7.43. The summed E-state index contributed by atoms with van der Waals surface area (Å²) >= 11 is 0. The van der Waals surface area contributed by atoms with Gasteiger partial charge in [0.1, 0.15) is 0 Å². The van der Waals surface area contributed by atoms with Crippen LogP contribution in [-0.2, 0) is 0 Å². The third-order valence-electron chi connectivity index (χ3n) is 1.25. The first-order valence-electron chi connectivity index (χ1n) is 2.44. The third kappa shape index (κ3) is 0.372. The monoisotopic (exact) mass is 104 g/mol. The van der Waals surface area contributed by atoms with Crippen LogP contribution in [0.2, 0.25) is 0 Å². The fourth-order valence-corrected chi connectivity index (χ4v) is 0.723. The summed E-state index contributed by atoms with van der Waals surface area (Å²) in [6.45, 7) is 3.67. The van der Waals surface area contributed by atoms with Gasteiger partial charge in [-0.05, 0) is 5.57 Å². The van der Waals surface area contributed by atoms with Crippen LogP contribution in [0.3, 0.4) is 0 Å². The van der Waals surface area contributed by atoms with E-state index in [4.69, 9.17) is 0 Å². The van der Waals surface area contributed by atoms with Gasteiger partial charge in [0.2, 0.25) is 0 Å². The van der Waals surface area contributed by atoms with Crippen molar-refractivity contribution in [1.29, 1.82) is 0 Å². The average Bonchev–Trinajstić information content (AvgIpc) is 2.45. The molecule has 0 aromatic rings. The minimum Gasteiger partial charge on any atom is -0.159 e. The van der Waals surface area contributed by atoms with Crippen LogP contribution in [0.4, 0.5) is 0 Å². The maximum Gasteiger partial charge on any atom is 0.0640 e. The Bertz CT molecular complexity index is 199. The number of fused-ring (bicyclic) bond motifs is 1. The van der Waals surface area contributed by atoms with Crippen molar-refractivity contribution >= 4 is 0 Å². The normalized spacial score (nSPS) is 31.8. The van der Waals surface area contributed by atoms with Gasteiger partial charge >= 0.3 is 0 Å². The maximum absolute atomic E-state index is 3.74. The van der Waals surface area contributed by atoms with Crippen LogP contribution in [0.25, 0.3) is 0 Å². The molecule has 0 spiro atoms. The highest BCUT2D eigenvalue weighted by Crippen LogP contribution is 2.44. The lowest BCUT2D eigenvalue weighted by atomic mass is 10.3. The molecule has 1 unspecified atom stereocenters. The molecule has 1 aliphatic carbocycles. The minimum atomic E-state index is 0.326. The Morgan fingerprint density at radius 2 is 2.62 bits per heavy atom. The van der Waals surface area contributed by atoms with Crippen molar-refractivity contribution in [1.82, 2.24) is 0 Å². The van der Waals surface area contributed by atoms with E-state index < -0.39 is 0 Å². The molecule has 0 aromatic heterocycles. The van der Waals surface area contributed by atoms with E-state index in [-0.39, 0.29) is 0 Å². The molecule has 1 fully saturated rings. The van der Waals surface area contributed by atoms with Crippen molar-refractivity contribution in [2.75, 3.05) is 0 Å². The molecule has 8 heavy (non-hydrogen) atoms. The van der Waals surface area contributed by atoms with Crippen molar-refractivity contribution in [3.05, 3.63) is 30.5 Å². The quantitative estimate of drug-likeness (QED) is 0.445. The van der Waals surface area contributed by atoms with Gasteiger partial charge in [0.05, 0.1) is 11.9 Å². The van der Waals surface area contributed by atoms with Crippen molar-refractivity contribution in [3.8, 4) is 0 Å². The first-order chi connectivity index (χ1) is 3.88. The van der Waals surface area contributed by atoms with Crippen LogP contribution in [0.15, 0.2) is 34.3 Å². The molecular weight excluding hydrogens is 100 g/mol. The smallest absolute Gasteiger partial charge is 0.0640 e. The average molecular weight is 104 g/mol. The highest BCUT2D eigenvalue weighted by molar-refractivity contribution is 5.47. The Morgan fingerprint density at radius 3 is 3.25 bits per heavy atom. The van der Waals surface area contributed by atoms with Gasteiger partial charge in [-0.15, -0.1) is 0 Å². The molecule has 1 saturated carbocycles. The van der Waals surface area contributed by atoms with Crippen LogP contribution in [-0.4, -0.2) is 0 Å². The second kappa shape index (κ2) is 1.08. The molecule has 2 rings (SSSR count). The summed E-state index contributed by atoms with van der Waals surface area (Å²) in [6, 6.07) is 0. The van der Waals surface area contributed by atoms with E-state index in [1.54, 1.807) is 6.20 Å². The van der Waals surface area contributed by atoms with Crippen LogP contribution >= 0.6 is 0 Å². The van der Waals surface area contributed by atoms with E-state index in [0.29, 0.717) is 5.92 Å². The molecule has 2 aliphatic rings. The van der Waals surface area contributed by atoms with Gasteiger partial charge in [-0.2, -0.15) is 10.2 Å². The van der Waals surface area contributed by atoms with E-state index in [2.05, 4.69) is 23.2 Å². The summed E-state index contributed by atoms with van der Waals surface area (Å²) in [6.07, 6.45) is 4.78. The molecule has 38 valence electrons. The van der Waals surface area contributed by atoms with Gasteiger partial charge in [-0.25, -0.2) is 0 Å². The number of nitrogens with zero attached hydrogens (tertiary/aromatic N) is 2. The second-order valence-electron chi connectivity index (χ2n) is 1.87. The molecule has 0 amide bonds. The Labute approximate surface area is 47.6 Å². The predicted molar refractivity (Wildman–Crippen MR) is 28.8 cm³/mol. The molecule has 0 aromatic carbocycles. The van der Waals surface area contributed by atoms with Gasteiger partial charge in [0.25, 0.3) is 0 Å². The highest BCUT2D eigenvalue weighted by atomic mass is 15.1. The predicted octanol–water partition coefficient (Wildman–Crippen LogP) is 1.56. The third-order valence-corrected chi connectivity index (χ3v) is 1.25. The Balaban J connectivity index is 2.40. The molecular formula is C6H4N2. The highest BCUT2D eigenvalue weighted by Gasteiger charge is 2.35. The summed E-state index contributed by atoms with van der Waals surface area (Å²) in [5.74, 6) is 0.326. The van der Waals surface area contributed by atoms with Gasteiger partial charge in [0.15, 0.2) is 0 Å². The fourth-order valence-electron chi connectivity index (χ4n) is 0.723. The van der Waals surface area contributed by atoms with E-state index in [0.717, 1.165) is 11.3 Å². The lowest BCUT2D eigenvalue weighted by Crippen LogP contribution is -1.78. The summed E-state index contributed by atoms with van der Waals surface area (Å²) < 4.78 is 0. The van der Waals surface area contributed by atoms with E-state index in [9.17, 15) is 0 Å². The number of allylic oxidation sites excluding steroid dienone is 1. The minimum absolute atomic E-state index is 0.326. The Kier molecular flexibility index (Phi) is 0.539. The van der Waals surface area contributed by atoms with Crippen LogP contribution in [0.1, 0.15) is 0 Å². The Morgan fingerprint density at radius 1 is 1.75 bits per heavy atom. The maximum atomic E-state index is 3.74. The first-order valence-corrected chi connectivity index (χ1v) is 2.44. The van der Waals surface area contributed by atoms with Crippen LogP contribution in [0.5, 0.6) is 0 Å². The zero-order valence-corrected chi connectivity index (χ0v) is 4.26. The van der Waals surface area contributed by atoms with Crippen LogP contribution in [0, 0.1) is 12.3 Å². The molecule has 2 nitrogen and oxygen atoms in total. The van der Waals surface area contributed by atoms with Crippen molar-refractivity contribution in [2.24, 2.45) is 16.1 Å². The molecule has 1 atom stereocenters. The summed E-state index contributed by atoms with van der Waals surface area (Å²) in [5.41, 5.74) is 1.97. The fraction of sp³-hybridized carbons (Fsp3) is 0.167. The van der Waals surface area contributed by atoms with E-state index in [1.165, 1.54) is 0 Å². The standard InChI is InChI=1S/C6H4N2/c1-4-6-2-5(6)3-7-8-4/h3,6H,1H2. The largest absolute Gasteiger partial charge is 0.159 e. The van der Waals surface area contributed by atoms with Crippen molar-refractivity contribution < 1.29 is 0 Å². The number of hydrogen-bond acceptors (Lipinski definition) is 2. The lowest BCUT2D eigenvalue weighted by Gasteiger charge is -1.92. The molecule has 1 aliphatic heterocycles. The second-order valence-corrected chi connectivity index (χ2v) is 1.87. The molecule has 2 heteroatoms. The zero-order chi connectivity index (χ0) is 5.56. The summed E-state index contributed by atoms with van der Waals surface area (Å²) in [7, 11) is 0. The van der Waals surface area contributed by atoms with E-state index in [1.807, 2.05) is 0 Å². The van der Waals surface area contributed by atoms with Crippen molar-refractivity contribution in [3.63, 3.8) is 0 Å². The molecule has 0 bridgehead atoms. The SMILES string of the molecule is C=C1N=NC=C2[C]C12. The van der Waals surface area contributed by atoms with Gasteiger partial charge in [-0.3, -0.25) is 0 Å². The number of hydrogen-bond donors (Lipinski definition) is 0. The van der Waals surface area contributed by atoms with E-state index >= 15 is 0 Å². The Hall–Kier alpha value is -0.920. The molecule has 2 radical (unpaired) electrons. The number of rotatable bonds is 0. The molecule has 1 heterocycles. The molecule has 0 saturated heterocycles. The first kappa shape index (κ1) is 4.01. The van der Waals surface area contributed by atoms with Gasteiger partial charge in [0, 0.05) is 12.3 Å². The molecule has 0 N–H and O–H groups in total. The lowest BCUT2D eigenvalue weighted by molar-refractivity contribution is 0.970. The van der Waals surface area contributed by atoms with Gasteiger partial charge in [-0.1, -0.05) is 6.58 Å². The number of azo groups is 1. The summed E-state index contributed by atoms with van der Waals surface area (Å²) in [4.78, 5) is 0. The van der Waals surface area contributed by atoms with Crippen molar-refractivity contribution in [2.45, 2.75) is 0 Å². The topological polar surface area (TPSA) is 24.7 Å². The van der Waals surface area contributed by atoms with Gasteiger partial charge < -0.3 is 0 Å². The van der Waals surface area contributed by atoms with Crippen LogP contribution < -0.4 is 0 Å². The zero-order valence-electron chi connectivity index (χ0n) is 4.26.